The molecule has 1 aromatic rings. The van der Waals surface area contributed by atoms with Crippen molar-refractivity contribution >= 4 is 47.6 Å². The van der Waals surface area contributed by atoms with E-state index in [1.165, 1.54) is 19.4 Å². The number of nitrogens with one attached hydrogen (secondary N) is 1. The highest BCUT2D eigenvalue weighted by Gasteiger charge is 2.52. The first-order valence-electron chi connectivity index (χ1n) is 9.11. The van der Waals surface area contributed by atoms with Crippen LogP contribution in [0.15, 0.2) is 39.4 Å². The smallest absolute Gasteiger partial charge is 0.498 e. The van der Waals surface area contributed by atoms with Crippen molar-refractivity contribution in [3.63, 3.8) is 0 Å². The zero-order valence-electron chi connectivity index (χ0n) is 17.3. The van der Waals surface area contributed by atoms with Crippen LogP contribution in [0.3, 0.4) is 0 Å². The molecule has 11 heteroatoms. The van der Waals surface area contributed by atoms with Gasteiger partial charge in [-0.1, -0.05) is 0 Å². The fourth-order valence-corrected chi connectivity index (χ4v) is 3.34. The van der Waals surface area contributed by atoms with Crippen molar-refractivity contribution in [1.82, 2.24) is 5.32 Å². The van der Waals surface area contributed by atoms with Gasteiger partial charge in [-0.25, -0.2) is 4.79 Å². The zero-order valence-corrected chi connectivity index (χ0v) is 18.1. The lowest BCUT2D eigenvalue weighted by molar-refractivity contribution is -0.135. The second-order valence-corrected chi connectivity index (χ2v) is 8.67. The van der Waals surface area contributed by atoms with Gasteiger partial charge in [-0.2, -0.15) is 5.10 Å². The van der Waals surface area contributed by atoms with Gasteiger partial charge in [0, 0.05) is 11.5 Å². The van der Waals surface area contributed by atoms with E-state index in [4.69, 9.17) is 9.31 Å². The van der Waals surface area contributed by atoms with E-state index in [0.29, 0.717) is 11.0 Å². The number of carbonyl (C=O) groups excluding carboxylic acids is 2. The number of amides is 1. The molecule has 0 saturated carbocycles. The maximum Gasteiger partial charge on any atom is 0.498 e. The van der Waals surface area contributed by atoms with Crippen molar-refractivity contribution in [3.05, 3.63) is 34.7 Å². The predicted octanol–water partition coefficient (Wildman–Crippen LogP) is 1.30. The molecular formula is C19H22BN3O6S. The van der Waals surface area contributed by atoms with Crippen molar-refractivity contribution < 1.29 is 28.7 Å². The normalized spacial score (nSPS) is 22.8. The Kier molecular flexibility index (Phi) is 6.07. The fraction of sp³-hybridized carbons (Fsp3) is 0.368. The predicted molar refractivity (Wildman–Crippen MR) is 115 cm³/mol. The first kappa shape index (κ1) is 22.1. The van der Waals surface area contributed by atoms with Gasteiger partial charge in [0.2, 0.25) is 0 Å². The number of phenolic OH excluding ortho intramolecular Hbond substituents is 1. The van der Waals surface area contributed by atoms with E-state index in [2.05, 4.69) is 20.3 Å². The van der Waals surface area contributed by atoms with Crippen LogP contribution in [0, 0.1) is 0 Å². The van der Waals surface area contributed by atoms with Crippen LogP contribution in [0.4, 0.5) is 0 Å². The van der Waals surface area contributed by atoms with Crippen molar-refractivity contribution in [3.8, 4) is 5.75 Å². The first-order chi connectivity index (χ1) is 14.0. The molecule has 2 N–H and O–H groups in total. The molecule has 2 heterocycles. The molecule has 2 aliphatic rings. The Balaban J connectivity index is 1.74. The third kappa shape index (κ3) is 4.58. The molecule has 1 amide bonds. The molecule has 0 atom stereocenters. The molecule has 2 fully saturated rings. The lowest BCUT2D eigenvalue weighted by Gasteiger charge is -2.32. The molecule has 158 valence electrons. The second-order valence-electron chi connectivity index (χ2n) is 7.64. The minimum atomic E-state index is -0.717. The number of esters is 1. The van der Waals surface area contributed by atoms with E-state index >= 15 is 0 Å². The maximum atomic E-state index is 11.8. The highest BCUT2D eigenvalue weighted by molar-refractivity contribution is 8.18. The molecule has 3 rings (SSSR count). The maximum absolute atomic E-state index is 11.8. The zero-order chi connectivity index (χ0) is 22.1. The molecule has 2 aliphatic heterocycles. The van der Waals surface area contributed by atoms with Gasteiger partial charge in [-0.15, -0.1) is 5.10 Å². The Morgan fingerprint density at radius 3 is 2.57 bits per heavy atom. The Morgan fingerprint density at radius 2 is 1.93 bits per heavy atom. The van der Waals surface area contributed by atoms with Crippen LogP contribution >= 0.6 is 11.8 Å². The second kappa shape index (κ2) is 8.25. The van der Waals surface area contributed by atoms with Crippen LogP contribution < -0.4 is 10.8 Å². The molecule has 0 unspecified atom stereocenters. The third-order valence-electron chi connectivity index (χ3n) is 5.02. The molecule has 0 aliphatic carbocycles. The van der Waals surface area contributed by atoms with Gasteiger partial charge in [-0.05, 0) is 63.2 Å². The lowest BCUT2D eigenvalue weighted by Crippen LogP contribution is -2.41. The molecule has 30 heavy (non-hydrogen) atoms. The summed E-state index contributed by atoms with van der Waals surface area (Å²) < 4.78 is 16.5. The number of rotatable bonds is 4. The van der Waals surface area contributed by atoms with Gasteiger partial charge in [0.05, 0.1) is 29.4 Å². The number of methoxy groups -OCH3 is 1. The number of amidine groups is 1. The van der Waals surface area contributed by atoms with E-state index < -0.39 is 30.2 Å². The highest BCUT2D eigenvalue weighted by atomic mass is 32.2. The van der Waals surface area contributed by atoms with Crippen LogP contribution in [-0.4, -0.2) is 53.8 Å². The molecule has 0 radical (unpaired) electrons. The van der Waals surface area contributed by atoms with Crippen LogP contribution in [0.25, 0.3) is 0 Å². The lowest BCUT2D eigenvalue weighted by atomic mass is 9.77. The number of ether oxygens (including phenoxy) is 1. The molecule has 0 spiro atoms. The molecule has 1 aromatic carbocycles. The molecule has 9 nitrogen and oxygen atoms in total. The van der Waals surface area contributed by atoms with Crippen LogP contribution in [-0.2, 0) is 23.6 Å². The fourth-order valence-electron chi connectivity index (χ4n) is 2.60. The standard InChI is InChI=1S/C19H22BN3O6S/c1-18(2)19(3,4)29-20(28-18)12-8-11(6-7-13(12)24)10-21-23-17-22-16(26)14(30-17)9-15(25)27-5/h6-10,24H,1-5H3,(H,22,23,26)/b14-9+,21-10?. The average Bonchev–Trinajstić information content (AvgIpc) is 3.11. The summed E-state index contributed by atoms with van der Waals surface area (Å²) in [6, 6.07) is 4.89. The summed E-state index contributed by atoms with van der Waals surface area (Å²) in [5.41, 5.74) is 0.0691. The Labute approximate surface area is 178 Å². The summed E-state index contributed by atoms with van der Waals surface area (Å²) in [6.07, 6.45) is 2.55. The molecule has 0 aromatic heterocycles. The van der Waals surface area contributed by atoms with Crippen LogP contribution in [0.5, 0.6) is 5.75 Å². The van der Waals surface area contributed by atoms with Gasteiger partial charge in [-0.3, -0.25) is 10.1 Å². The van der Waals surface area contributed by atoms with E-state index in [0.717, 1.165) is 17.8 Å². The Bertz CT molecular complexity index is 957. The quantitative estimate of drug-likeness (QED) is 0.243. The molecular weight excluding hydrogens is 409 g/mol. The number of nitrogens with zero attached hydrogens (tertiary/aromatic N) is 2. The summed E-state index contributed by atoms with van der Waals surface area (Å²) in [5, 5.41) is 20.9. The topological polar surface area (TPSA) is 119 Å². The summed E-state index contributed by atoms with van der Waals surface area (Å²) in [7, 11) is 0.511. The largest absolute Gasteiger partial charge is 0.508 e. The van der Waals surface area contributed by atoms with E-state index in [1.54, 1.807) is 12.1 Å². The van der Waals surface area contributed by atoms with E-state index in [-0.39, 0.29) is 15.8 Å². The monoisotopic (exact) mass is 431 g/mol. The minimum Gasteiger partial charge on any atom is -0.508 e. The number of carbonyl (C=O) groups is 2. The molecule has 0 bridgehead atoms. The van der Waals surface area contributed by atoms with Gasteiger partial charge in [0.25, 0.3) is 5.91 Å². The van der Waals surface area contributed by atoms with E-state index in [1.807, 2.05) is 27.7 Å². The average molecular weight is 431 g/mol. The minimum absolute atomic E-state index is 0.0492. The third-order valence-corrected chi connectivity index (χ3v) is 5.92. The van der Waals surface area contributed by atoms with Crippen LogP contribution in [0.2, 0.25) is 0 Å². The SMILES string of the molecule is COC(=O)/C=C1/S/C(=N\N=Cc2ccc(O)c(B3OC(C)(C)C(C)(C)O3)c2)NC1=O. The van der Waals surface area contributed by atoms with Crippen LogP contribution in [0.1, 0.15) is 33.3 Å². The summed E-state index contributed by atoms with van der Waals surface area (Å²) >= 11 is 0.979. The van der Waals surface area contributed by atoms with Gasteiger partial charge in [0.15, 0.2) is 5.17 Å². The Morgan fingerprint density at radius 1 is 1.27 bits per heavy atom. The summed E-state index contributed by atoms with van der Waals surface area (Å²) in [6.45, 7) is 7.73. The van der Waals surface area contributed by atoms with Crippen molar-refractivity contribution in [1.29, 1.82) is 0 Å². The van der Waals surface area contributed by atoms with Gasteiger partial charge >= 0.3 is 13.1 Å². The van der Waals surface area contributed by atoms with Gasteiger partial charge in [0.1, 0.15) is 5.75 Å². The van der Waals surface area contributed by atoms with Crippen molar-refractivity contribution in [2.75, 3.05) is 7.11 Å². The number of aromatic hydroxyl groups is 1. The Hall–Kier alpha value is -2.63. The summed E-state index contributed by atoms with van der Waals surface area (Å²) in [4.78, 5) is 23.2. The number of phenols is 1. The van der Waals surface area contributed by atoms with Crippen molar-refractivity contribution in [2.24, 2.45) is 10.2 Å². The summed E-state index contributed by atoms with van der Waals surface area (Å²) in [5.74, 6) is -1.03. The highest BCUT2D eigenvalue weighted by Crippen LogP contribution is 2.37. The van der Waals surface area contributed by atoms with Gasteiger partial charge < -0.3 is 19.2 Å². The number of benzene rings is 1. The van der Waals surface area contributed by atoms with Crippen molar-refractivity contribution in [2.45, 2.75) is 38.9 Å². The molecule has 2 saturated heterocycles. The number of thioether (sulfide) groups is 1. The van der Waals surface area contributed by atoms with E-state index in [9.17, 15) is 14.7 Å². The number of hydrogen-bond acceptors (Lipinski definition) is 9. The first-order valence-corrected chi connectivity index (χ1v) is 9.92. The number of hydrogen-bond donors (Lipinski definition) is 2.